The molecular formula is C28H30N6O2. The number of fused-ring (bicyclic) bond motifs is 1. The molecule has 0 aliphatic carbocycles. The van der Waals surface area contributed by atoms with E-state index >= 15 is 0 Å². The van der Waals surface area contributed by atoms with Gasteiger partial charge in [0, 0.05) is 56.5 Å². The van der Waals surface area contributed by atoms with Crippen molar-refractivity contribution in [3.05, 3.63) is 84.3 Å². The predicted octanol–water partition coefficient (Wildman–Crippen LogP) is 5.16. The van der Waals surface area contributed by atoms with E-state index in [1.165, 1.54) is 0 Å². The second-order valence-electron chi connectivity index (χ2n) is 8.62. The van der Waals surface area contributed by atoms with Crippen molar-refractivity contribution in [3.63, 3.8) is 0 Å². The van der Waals surface area contributed by atoms with Crippen LogP contribution >= 0.6 is 0 Å². The zero-order valence-electron chi connectivity index (χ0n) is 20.9. The molecule has 0 saturated heterocycles. The van der Waals surface area contributed by atoms with Crippen molar-refractivity contribution >= 4 is 22.8 Å². The van der Waals surface area contributed by atoms with Crippen molar-refractivity contribution in [1.82, 2.24) is 19.1 Å². The summed E-state index contributed by atoms with van der Waals surface area (Å²) in [5.74, 6) is 2.15. The molecule has 184 valence electrons. The van der Waals surface area contributed by atoms with Gasteiger partial charge in [-0.25, -0.2) is 9.97 Å². The highest BCUT2D eigenvalue weighted by Crippen LogP contribution is 2.31. The maximum atomic E-state index is 6.06. The molecule has 2 aromatic carbocycles. The summed E-state index contributed by atoms with van der Waals surface area (Å²) in [4.78, 5) is 9.54. The average Bonchev–Trinajstić information content (AvgIpc) is 3.50. The molecular weight excluding hydrogens is 452 g/mol. The van der Waals surface area contributed by atoms with E-state index in [9.17, 15) is 0 Å². The highest BCUT2D eigenvalue weighted by molar-refractivity contribution is 5.80. The van der Waals surface area contributed by atoms with Crippen molar-refractivity contribution in [1.29, 1.82) is 0 Å². The molecule has 0 atom stereocenters. The maximum Gasteiger partial charge on any atom is 0.205 e. The number of methoxy groups -OCH3 is 1. The minimum absolute atomic E-state index is 0.462. The summed E-state index contributed by atoms with van der Waals surface area (Å²) >= 11 is 0. The van der Waals surface area contributed by atoms with Crippen LogP contribution < -0.4 is 20.1 Å². The number of anilines is 2. The Hall–Kier alpha value is -4.46. The van der Waals surface area contributed by atoms with Crippen molar-refractivity contribution < 1.29 is 9.47 Å². The maximum absolute atomic E-state index is 6.06. The smallest absolute Gasteiger partial charge is 0.205 e. The Morgan fingerprint density at radius 2 is 1.69 bits per heavy atom. The molecule has 36 heavy (non-hydrogen) atoms. The summed E-state index contributed by atoms with van der Waals surface area (Å²) in [6, 6.07) is 18.3. The zero-order valence-corrected chi connectivity index (χ0v) is 20.9. The molecule has 0 saturated carbocycles. The lowest BCUT2D eigenvalue weighted by Gasteiger charge is -2.14. The SMILES string of the molecule is CNc1ccc(COc2ccc(Cn3c(NC)nc4cc(-c5ccn(C)c5)cnc43)cc2OC)cc1. The van der Waals surface area contributed by atoms with E-state index in [0.717, 1.165) is 45.1 Å². The number of nitrogens with one attached hydrogen (secondary N) is 2. The highest BCUT2D eigenvalue weighted by atomic mass is 16.5. The van der Waals surface area contributed by atoms with Gasteiger partial charge in [0.2, 0.25) is 5.95 Å². The molecule has 0 fully saturated rings. The van der Waals surface area contributed by atoms with Gasteiger partial charge in [0.1, 0.15) is 12.1 Å². The Morgan fingerprint density at radius 3 is 2.39 bits per heavy atom. The molecule has 5 aromatic rings. The fourth-order valence-electron chi connectivity index (χ4n) is 4.22. The quantitative estimate of drug-likeness (QED) is 0.302. The van der Waals surface area contributed by atoms with Crippen LogP contribution in [0.1, 0.15) is 11.1 Å². The number of hydrogen-bond donors (Lipinski definition) is 2. The summed E-state index contributed by atoms with van der Waals surface area (Å²) in [5, 5.41) is 6.33. The number of rotatable bonds is 9. The number of aryl methyl sites for hydroxylation is 1. The van der Waals surface area contributed by atoms with Gasteiger partial charge in [-0.1, -0.05) is 18.2 Å². The fraction of sp³-hybridized carbons (Fsp3) is 0.214. The van der Waals surface area contributed by atoms with Gasteiger partial charge < -0.3 is 24.7 Å². The third-order valence-electron chi connectivity index (χ3n) is 6.18. The van der Waals surface area contributed by atoms with Crippen LogP contribution in [0.5, 0.6) is 11.5 Å². The summed E-state index contributed by atoms with van der Waals surface area (Å²) in [7, 11) is 7.44. The number of ether oxygens (including phenoxy) is 2. The minimum Gasteiger partial charge on any atom is -0.493 e. The molecule has 8 nitrogen and oxygen atoms in total. The monoisotopic (exact) mass is 482 g/mol. The fourth-order valence-corrected chi connectivity index (χ4v) is 4.22. The number of hydrogen-bond acceptors (Lipinski definition) is 6. The number of benzene rings is 2. The Labute approximate surface area is 210 Å². The van der Waals surface area contributed by atoms with Gasteiger partial charge in [-0.3, -0.25) is 4.57 Å². The Kier molecular flexibility index (Phi) is 6.49. The second-order valence-corrected chi connectivity index (χ2v) is 8.62. The summed E-state index contributed by atoms with van der Waals surface area (Å²) in [6.07, 6.45) is 6.00. The Bertz CT molecular complexity index is 1490. The van der Waals surface area contributed by atoms with E-state index in [0.29, 0.717) is 24.7 Å². The first-order valence-corrected chi connectivity index (χ1v) is 11.8. The van der Waals surface area contributed by atoms with Crippen molar-refractivity contribution in [2.75, 3.05) is 31.8 Å². The standard InChI is InChI=1S/C28H30N6O2/c1-29-23-8-5-19(6-9-23)18-36-25-10-7-20(13-26(25)35-4)16-34-27-24(32-28(34)30-2)14-22(15-31-27)21-11-12-33(3)17-21/h5-15,17,29H,16,18H2,1-4H3,(H,30,32). The summed E-state index contributed by atoms with van der Waals surface area (Å²) in [5.41, 5.74) is 7.04. The first kappa shape index (κ1) is 23.3. The summed E-state index contributed by atoms with van der Waals surface area (Å²) < 4.78 is 15.8. The minimum atomic E-state index is 0.462. The number of nitrogens with zero attached hydrogens (tertiary/aromatic N) is 4. The molecule has 0 aliphatic rings. The number of imidazole rings is 1. The normalized spacial score (nSPS) is 11.0. The van der Waals surface area contributed by atoms with E-state index in [4.69, 9.17) is 19.4 Å². The van der Waals surface area contributed by atoms with Crippen LogP contribution in [0, 0.1) is 0 Å². The zero-order chi connectivity index (χ0) is 25.1. The van der Waals surface area contributed by atoms with Crippen molar-refractivity contribution in [2.24, 2.45) is 7.05 Å². The summed E-state index contributed by atoms with van der Waals surface area (Å²) in [6.45, 7) is 1.05. The molecule has 0 amide bonds. The lowest BCUT2D eigenvalue weighted by atomic mass is 10.1. The first-order chi connectivity index (χ1) is 17.6. The largest absolute Gasteiger partial charge is 0.493 e. The van der Waals surface area contributed by atoms with Crippen LogP contribution in [0.2, 0.25) is 0 Å². The van der Waals surface area contributed by atoms with E-state index in [-0.39, 0.29) is 0 Å². The second kappa shape index (κ2) is 10.0. The molecule has 2 N–H and O–H groups in total. The molecule has 0 aliphatic heterocycles. The third kappa shape index (κ3) is 4.70. The molecule has 0 spiro atoms. The van der Waals surface area contributed by atoms with Crippen LogP contribution in [-0.2, 0) is 20.2 Å². The lowest BCUT2D eigenvalue weighted by Crippen LogP contribution is -2.06. The lowest BCUT2D eigenvalue weighted by molar-refractivity contribution is 0.284. The molecule has 0 unspecified atom stereocenters. The van der Waals surface area contributed by atoms with E-state index in [1.807, 2.05) is 80.6 Å². The van der Waals surface area contributed by atoms with Gasteiger partial charge in [0.05, 0.1) is 13.7 Å². The number of pyridine rings is 1. The molecule has 8 heteroatoms. The topological polar surface area (TPSA) is 78.2 Å². The van der Waals surface area contributed by atoms with Crippen LogP contribution in [0.3, 0.4) is 0 Å². The van der Waals surface area contributed by atoms with Crippen LogP contribution in [0.25, 0.3) is 22.3 Å². The van der Waals surface area contributed by atoms with Crippen LogP contribution in [-0.4, -0.2) is 40.3 Å². The van der Waals surface area contributed by atoms with Gasteiger partial charge in [-0.05, 0) is 47.5 Å². The molecule has 5 rings (SSSR count). The van der Waals surface area contributed by atoms with E-state index in [2.05, 4.69) is 33.5 Å². The van der Waals surface area contributed by atoms with Gasteiger partial charge in [-0.15, -0.1) is 0 Å². The van der Waals surface area contributed by atoms with Crippen molar-refractivity contribution in [2.45, 2.75) is 13.2 Å². The average molecular weight is 483 g/mol. The van der Waals surface area contributed by atoms with E-state index in [1.54, 1.807) is 7.11 Å². The molecule has 0 radical (unpaired) electrons. The Balaban J connectivity index is 1.38. The molecule has 3 heterocycles. The van der Waals surface area contributed by atoms with Gasteiger partial charge >= 0.3 is 0 Å². The molecule has 0 bridgehead atoms. The first-order valence-electron chi connectivity index (χ1n) is 11.8. The van der Waals surface area contributed by atoms with Crippen LogP contribution in [0.15, 0.2) is 73.2 Å². The van der Waals surface area contributed by atoms with Crippen molar-refractivity contribution in [3.8, 4) is 22.6 Å². The Morgan fingerprint density at radius 1 is 0.889 bits per heavy atom. The van der Waals surface area contributed by atoms with E-state index < -0.39 is 0 Å². The molecule has 3 aromatic heterocycles. The predicted molar refractivity (Wildman–Crippen MR) is 144 cm³/mol. The van der Waals surface area contributed by atoms with Crippen LogP contribution in [0.4, 0.5) is 11.6 Å². The number of aromatic nitrogens is 4. The highest BCUT2D eigenvalue weighted by Gasteiger charge is 2.15. The van der Waals surface area contributed by atoms with Gasteiger partial charge in [0.25, 0.3) is 0 Å². The third-order valence-corrected chi connectivity index (χ3v) is 6.18. The van der Waals surface area contributed by atoms with Gasteiger partial charge in [0.15, 0.2) is 17.1 Å². The van der Waals surface area contributed by atoms with Gasteiger partial charge in [-0.2, -0.15) is 0 Å².